The molecule has 0 aromatic heterocycles. The highest BCUT2D eigenvalue weighted by Crippen LogP contribution is 2.22. The summed E-state index contributed by atoms with van der Waals surface area (Å²) in [6.07, 6.45) is -5.63. The van der Waals surface area contributed by atoms with E-state index in [-0.39, 0.29) is 19.3 Å². The second-order valence-corrected chi connectivity index (χ2v) is 8.69. The Morgan fingerprint density at radius 1 is 1.00 bits per heavy atom. The van der Waals surface area contributed by atoms with Gasteiger partial charge in [0, 0.05) is 6.42 Å². The molecule has 0 aliphatic carbocycles. The summed E-state index contributed by atoms with van der Waals surface area (Å²) in [5.74, 6) is -0.618. The highest BCUT2D eigenvalue weighted by molar-refractivity contribution is 5.77. The van der Waals surface area contributed by atoms with E-state index in [0.29, 0.717) is 5.56 Å². The first-order valence-corrected chi connectivity index (χ1v) is 11.4. The average Bonchev–Trinajstić information content (AvgIpc) is 2.82. The molecule has 2 amide bonds. The molecule has 0 bridgehead atoms. The summed E-state index contributed by atoms with van der Waals surface area (Å²) in [5, 5.41) is 52.7. The molecule has 10 nitrogen and oxygen atoms in total. The van der Waals surface area contributed by atoms with E-state index in [0.717, 1.165) is 10.5 Å². The third-order valence-electron chi connectivity index (χ3n) is 5.90. The maximum absolute atomic E-state index is 12.4. The van der Waals surface area contributed by atoms with Crippen molar-refractivity contribution in [2.75, 3.05) is 13.2 Å². The van der Waals surface area contributed by atoms with Crippen LogP contribution in [0.1, 0.15) is 24.5 Å². The first kappa shape index (κ1) is 28.2. The fraction of sp³-hybridized carbons (Fsp3) is 0.440. The molecule has 0 saturated heterocycles. The molecule has 5 atom stereocenters. The molecule has 2 rings (SSSR count). The van der Waals surface area contributed by atoms with Crippen LogP contribution < -0.4 is 11.1 Å². The molecule has 0 aliphatic rings. The molecule has 0 heterocycles. The molecule has 0 saturated carbocycles. The van der Waals surface area contributed by atoms with Crippen molar-refractivity contribution in [3.63, 3.8) is 0 Å². The minimum absolute atomic E-state index is 0.0110. The lowest BCUT2D eigenvalue weighted by Gasteiger charge is -2.43. The number of amides is 2. The molecule has 2 aromatic carbocycles. The minimum atomic E-state index is -1.76. The molecular weight excluding hydrogens is 454 g/mol. The fourth-order valence-corrected chi connectivity index (χ4v) is 3.83. The Bertz CT molecular complexity index is 929. The SMILES string of the molecule is CC(O)C(N)(Cc1ccccc1)N(CC(O)C(Cc1ccccc1)NC(=O)CC(O)CO)C(=O)O. The maximum Gasteiger partial charge on any atom is 0.408 e. The molecule has 10 heteroatoms. The monoisotopic (exact) mass is 489 g/mol. The van der Waals surface area contributed by atoms with Crippen LogP contribution in [0.2, 0.25) is 0 Å². The van der Waals surface area contributed by atoms with Gasteiger partial charge in [0.1, 0.15) is 5.66 Å². The number of rotatable bonds is 13. The van der Waals surface area contributed by atoms with Gasteiger partial charge in [0.2, 0.25) is 5.91 Å². The van der Waals surface area contributed by atoms with Crippen molar-refractivity contribution in [3.8, 4) is 0 Å². The molecule has 192 valence electrons. The number of hydrogen-bond donors (Lipinski definition) is 7. The van der Waals surface area contributed by atoms with E-state index in [1.165, 1.54) is 6.92 Å². The van der Waals surface area contributed by atoms with Crippen LogP contribution in [-0.2, 0) is 17.6 Å². The van der Waals surface area contributed by atoms with Gasteiger partial charge in [-0.2, -0.15) is 0 Å². The lowest BCUT2D eigenvalue weighted by atomic mass is 9.92. The summed E-state index contributed by atoms with van der Waals surface area (Å²) >= 11 is 0. The minimum Gasteiger partial charge on any atom is -0.465 e. The summed E-state index contributed by atoms with van der Waals surface area (Å²) in [4.78, 5) is 25.4. The number of nitrogens with two attached hydrogens (primary N) is 1. The summed E-state index contributed by atoms with van der Waals surface area (Å²) in [5.41, 5.74) is 6.15. The van der Waals surface area contributed by atoms with Crippen molar-refractivity contribution in [1.29, 1.82) is 0 Å². The van der Waals surface area contributed by atoms with E-state index >= 15 is 0 Å². The van der Waals surface area contributed by atoms with Gasteiger partial charge in [-0.05, 0) is 24.5 Å². The second kappa shape index (κ2) is 13.2. The van der Waals surface area contributed by atoms with E-state index in [9.17, 15) is 30.0 Å². The molecule has 8 N–H and O–H groups in total. The number of aliphatic hydroxyl groups is 4. The van der Waals surface area contributed by atoms with Gasteiger partial charge in [0.05, 0.1) is 43.9 Å². The summed E-state index contributed by atoms with van der Waals surface area (Å²) < 4.78 is 0. The van der Waals surface area contributed by atoms with Crippen LogP contribution in [-0.4, -0.2) is 85.6 Å². The van der Waals surface area contributed by atoms with Gasteiger partial charge >= 0.3 is 6.09 Å². The van der Waals surface area contributed by atoms with Gasteiger partial charge < -0.3 is 36.6 Å². The smallest absolute Gasteiger partial charge is 0.408 e. The van der Waals surface area contributed by atoms with Crippen LogP contribution in [0.5, 0.6) is 0 Å². The number of carboxylic acid groups (broad SMARTS) is 1. The van der Waals surface area contributed by atoms with Crippen molar-refractivity contribution in [2.24, 2.45) is 5.73 Å². The zero-order chi connectivity index (χ0) is 26.0. The van der Waals surface area contributed by atoms with E-state index in [2.05, 4.69) is 5.32 Å². The van der Waals surface area contributed by atoms with Crippen LogP contribution >= 0.6 is 0 Å². The highest BCUT2D eigenvalue weighted by Gasteiger charge is 2.42. The normalized spacial score (nSPS) is 16.4. The summed E-state index contributed by atoms with van der Waals surface area (Å²) in [6.45, 7) is 0.282. The van der Waals surface area contributed by atoms with Crippen LogP contribution in [0, 0.1) is 0 Å². The van der Waals surface area contributed by atoms with Gasteiger partial charge in [0.25, 0.3) is 0 Å². The van der Waals surface area contributed by atoms with Crippen molar-refractivity contribution in [2.45, 2.75) is 56.2 Å². The zero-order valence-electron chi connectivity index (χ0n) is 19.7. The van der Waals surface area contributed by atoms with Crippen molar-refractivity contribution in [1.82, 2.24) is 10.2 Å². The summed E-state index contributed by atoms with van der Waals surface area (Å²) in [7, 11) is 0. The number of aliphatic hydroxyl groups excluding tert-OH is 4. The first-order chi connectivity index (χ1) is 16.6. The third-order valence-corrected chi connectivity index (χ3v) is 5.90. The maximum atomic E-state index is 12.4. The lowest BCUT2D eigenvalue weighted by molar-refractivity contribution is -0.125. The molecular formula is C25H35N3O7. The lowest BCUT2D eigenvalue weighted by Crippen LogP contribution is -2.67. The Kier molecular flexibility index (Phi) is 10.6. The van der Waals surface area contributed by atoms with Gasteiger partial charge in [-0.3, -0.25) is 9.69 Å². The molecule has 0 radical (unpaired) electrons. The van der Waals surface area contributed by atoms with Crippen molar-refractivity contribution in [3.05, 3.63) is 71.8 Å². The Morgan fingerprint density at radius 2 is 1.54 bits per heavy atom. The predicted octanol–water partition coefficient (Wildman–Crippen LogP) is 0.0766. The zero-order valence-corrected chi connectivity index (χ0v) is 19.7. The fourth-order valence-electron chi connectivity index (χ4n) is 3.83. The second-order valence-electron chi connectivity index (χ2n) is 8.69. The number of nitrogens with one attached hydrogen (secondary N) is 1. The van der Waals surface area contributed by atoms with Crippen molar-refractivity contribution >= 4 is 12.0 Å². The third kappa shape index (κ3) is 8.30. The van der Waals surface area contributed by atoms with E-state index in [1.807, 2.05) is 6.07 Å². The molecule has 0 fully saturated rings. The Hall–Kier alpha value is -3.02. The van der Waals surface area contributed by atoms with E-state index in [1.54, 1.807) is 54.6 Å². The molecule has 0 aliphatic heterocycles. The first-order valence-electron chi connectivity index (χ1n) is 11.4. The van der Waals surface area contributed by atoms with E-state index < -0.39 is 55.2 Å². The number of carbonyl (C=O) groups is 2. The number of benzene rings is 2. The van der Waals surface area contributed by atoms with Gasteiger partial charge in [-0.25, -0.2) is 4.79 Å². The molecule has 2 aromatic rings. The molecule has 5 unspecified atom stereocenters. The quantitative estimate of drug-likeness (QED) is 0.193. The van der Waals surface area contributed by atoms with Crippen LogP contribution in [0.15, 0.2) is 60.7 Å². The summed E-state index contributed by atoms with van der Waals surface area (Å²) in [6, 6.07) is 16.9. The Balaban J connectivity index is 2.29. The number of nitrogens with zero attached hydrogens (tertiary/aromatic N) is 1. The average molecular weight is 490 g/mol. The molecule has 0 spiro atoms. The van der Waals surface area contributed by atoms with Gasteiger partial charge in [0.15, 0.2) is 0 Å². The van der Waals surface area contributed by atoms with Gasteiger partial charge in [-0.1, -0.05) is 60.7 Å². The molecule has 35 heavy (non-hydrogen) atoms. The van der Waals surface area contributed by atoms with Crippen LogP contribution in [0.25, 0.3) is 0 Å². The van der Waals surface area contributed by atoms with E-state index in [4.69, 9.17) is 10.8 Å². The predicted molar refractivity (Wildman–Crippen MR) is 129 cm³/mol. The number of hydrogen-bond acceptors (Lipinski definition) is 7. The topological polar surface area (TPSA) is 177 Å². The van der Waals surface area contributed by atoms with Crippen LogP contribution in [0.4, 0.5) is 4.79 Å². The van der Waals surface area contributed by atoms with Crippen LogP contribution in [0.3, 0.4) is 0 Å². The standard InChI is InChI=1S/C25H35N3O7/c1-17(30)25(26,14-19-10-6-3-7-11-19)28(24(34)35)15-22(32)21(12-18-8-4-2-5-9-18)27-23(33)13-20(31)16-29/h2-11,17,20-22,29-32H,12-16,26H2,1H3,(H,27,33)(H,34,35). The Labute approximate surface area is 204 Å². The largest absolute Gasteiger partial charge is 0.465 e. The number of carbonyl (C=O) groups excluding carboxylic acids is 1. The highest BCUT2D eigenvalue weighted by atomic mass is 16.4. The Morgan fingerprint density at radius 3 is 2.03 bits per heavy atom. The van der Waals surface area contributed by atoms with Crippen molar-refractivity contribution < 1.29 is 35.1 Å². The van der Waals surface area contributed by atoms with Gasteiger partial charge in [-0.15, -0.1) is 0 Å².